The molecule has 0 atom stereocenters. The van der Waals surface area contributed by atoms with Gasteiger partial charge in [0, 0.05) is 29.8 Å². The van der Waals surface area contributed by atoms with Crippen molar-refractivity contribution in [3.63, 3.8) is 0 Å². The highest BCUT2D eigenvalue weighted by molar-refractivity contribution is 6.05. The summed E-state index contributed by atoms with van der Waals surface area (Å²) in [5, 5.41) is 14.0. The van der Waals surface area contributed by atoms with Crippen LogP contribution in [0.15, 0.2) is 48.5 Å². The lowest BCUT2D eigenvalue weighted by atomic mass is 10.1. The molecule has 0 radical (unpaired) electrons. The summed E-state index contributed by atoms with van der Waals surface area (Å²) in [5.74, 6) is -1.91. The highest BCUT2D eigenvalue weighted by atomic mass is 19.1. The first kappa shape index (κ1) is 20.1. The maximum absolute atomic E-state index is 12.9. The van der Waals surface area contributed by atoms with Gasteiger partial charge in [-0.15, -0.1) is 0 Å². The number of rotatable bonds is 9. The second-order valence-electron chi connectivity index (χ2n) is 6.00. The number of amides is 2. The Bertz CT molecular complexity index is 806. The zero-order valence-corrected chi connectivity index (χ0v) is 14.7. The number of carboxylic acid groups (broad SMARTS) is 1. The normalized spacial score (nSPS) is 10.3. The number of unbranched alkanes of at least 4 members (excludes halogenated alkanes) is 2. The van der Waals surface area contributed by atoms with Gasteiger partial charge >= 0.3 is 5.97 Å². The van der Waals surface area contributed by atoms with E-state index in [1.807, 2.05) is 0 Å². The fraction of sp³-hybridized carbons (Fsp3) is 0.250. The molecule has 0 aliphatic rings. The van der Waals surface area contributed by atoms with E-state index in [4.69, 9.17) is 5.11 Å². The summed E-state index contributed by atoms with van der Waals surface area (Å²) in [6, 6.07) is 11.7. The second kappa shape index (κ2) is 10.1. The number of carboxylic acids is 1. The molecule has 2 aromatic rings. The van der Waals surface area contributed by atoms with Gasteiger partial charge in [0.15, 0.2) is 0 Å². The largest absolute Gasteiger partial charge is 0.481 e. The van der Waals surface area contributed by atoms with Crippen molar-refractivity contribution in [1.82, 2.24) is 5.32 Å². The maximum atomic E-state index is 12.9. The van der Waals surface area contributed by atoms with Gasteiger partial charge in [0.25, 0.3) is 11.8 Å². The molecule has 2 rings (SSSR count). The number of nitrogens with one attached hydrogen (secondary N) is 2. The molecule has 0 unspecified atom stereocenters. The Morgan fingerprint density at radius 3 is 2.33 bits per heavy atom. The Balaban J connectivity index is 1.85. The van der Waals surface area contributed by atoms with E-state index in [-0.39, 0.29) is 12.3 Å². The van der Waals surface area contributed by atoms with E-state index in [0.717, 1.165) is 6.42 Å². The van der Waals surface area contributed by atoms with Crippen molar-refractivity contribution in [2.45, 2.75) is 25.7 Å². The van der Waals surface area contributed by atoms with Crippen LogP contribution < -0.4 is 10.6 Å². The van der Waals surface area contributed by atoms with Crippen molar-refractivity contribution in [3.05, 3.63) is 65.5 Å². The Hall–Kier alpha value is -3.22. The quantitative estimate of drug-likeness (QED) is 0.588. The molecule has 3 N–H and O–H groups in total. The predicted octanol–water partition coefficient (Wildman–Crippen LogP) is 3.45. The van der Waals surface area contributed by atoms with Crippen LogP contribution in [0.1, 0.15) is 46.4 Å². The minimum Gasteiger partial charge on any atom is -0.481 e. The van der Waals surface area contributed by atoms with Crippen molar-refractivity contribution < 1.29 is 23.9 Å². The van der Waals surface area contributed by atoms with Crippen molar-refractivity contribution in [2.24, 2.45) is 0 Å². The van der Waals surface area contributed by atoms with Gasteiger partial charge in [0.2, 0.25) is 0 Å². The third-order valence-corrected chi connectivity index (χ3v) is 3.84. The van der Waals surface area contributed by atoms with E-state index in [0.29, 0.717) is 36.2 Å². The van der Waals surface area contributed by atoms with Gasteiger partial charge in [-0.3, -0.25) is 14.4 Å². The van der Waals surface area contributed by atoms with Crippen LogP contribution in [0.5, 0.6) is 0 Å². The summed E-state index contributed by atoms with van der Waals surface area (Å²) in [5.41, 5.74) is 1.17. The number of carbonyl (C=O) groups excluding carboxylic acids is 2. The number of halogens is 1. The third-order valence-electron chi connectivity index (χ3n) is 3.84. The molecule has 0 aromatic heterocycles. The molecular weight excluding hydrogens is 351 g/mol. The Labute approximate surface area is 156 Å². The Morgan fingerprint density at radius 2 is 1.63 bits per heavy atom. The summed E-state index contributed by atoms with van der Waals surface area (Å²) in [6.45, 7) is 0.449. The van der Waals surface area contributed by atoms with Crippen LogP contribution in [0.4, 0.5) is 10.1 Å². The molecule has 0 fully saturated rings. The van der Waals surface area contributed by atoms with Gasteiger partial charge in [0.1, 0.15) is 5.82 Å². The molecule has 142 valence electrons. The molecule has 0 spiro atoms. The van der Waals surface area contributed by atoms with Gasteiger partial charge in [0.05, 0.1) is 0 Å². The van der Waals surface area contributed by atoms with Gasteiger partial charge in [-0.1, -0.05) is 12.5 Å². The van der Waals surface area contributed by atoms with Crippen LogP contribution >= 0.6 is 0 Å². The molecule has 0 aliphatic carbocycles. The average Bonchev–Trinajstić information content (AvgIpc) is 2.65. The maximum Gasteiger partial charge on any atom is 0.303 e. The molecule has 0 heterocycles. The molecule has 0 saturated heterocycles. The topological polar surface area (TPSA) is 95.5 Å². The smallest absolute Gasteiger partial charge is 0.303 e. The number of aliphatic carboxylic acids is 1. The van der Waals surface area contributed by atoms with Crippen molar-refractivity contribution >= 4 is 23.5 Å². The molecular formula is C20H21FN2O4. The SMILES string of the molecule is O=C(O)CCCCCNC(=O)c1cccc(NC(=O)c2ccc(F)cc2)c1. The zero-order chi connectivity index (χ0) is 19.6. The summed E-state index contributed by atoms with van der Waals surface area (Å²) >= 11 is 0. The average molecular weight is 372 g/mol. The second-order valence-corrected chi connectivity index (χ2v) is 6.00. The summed E-state index contributed by atoms with van der Waals surface area (Å²) in [4.78, 5) is 34.7. The summed E-state index contributed by atoms with van der Waals surface area (Å²) in [7, 11) is 0. The fourth-order valence-corrected chi connectivity index (χ4v) is 2.42. The van der Waals surface area contributed by atoms with Crippen molar-refractivity contribution in [2.75, 3.05) is 11.9 Å². The highest BCUT2D eigenvalue weighted by Crippen LogP contribution is 2.13. The summed E-state index contributed by atoms with van der Waals surface area (Å²) in [6.07, 6.45) is 2.13. The number of carbonyl (C=O) groups is 3. The minimum atomic E-state index is -0.821. The molecule has 2 aromatic carbocycles. The lowest BCUT2D eigenvalue weighted by Crippen LogP contribution is -2.24. The van der Waals surface area contributed by atoms with Gasteiger partial charge < -0.3 is 15.7 Å². The van der Waals surface area contributed by atoms with Crippen LogP contribution in [0, 0.1) is 5.82 Å². The van der Waals surface area contributed by atoms with Crippen LogP contribution in [0.2, 0.25) is 0 Å². The number of anilines is 1. The molecule has 0 bridgehead atoms. The monoisotopic (exact) mass is 372 g/mol. The Morgan fingerprint density at radius 1 is 0.889 bits per heavy atom. The van der Waals surface area contributed by atoms with Crippen LogP contribution in [-0.2, 0) is 4.79 Å². The van der Waals surface area contributed by atoms with Gasteiger partial charge in [-0.2, -0.15) is 0 Å². The summed E-state index contributed by atoms with van der Waals surface area (Å²) < 4.78 is 12.9. The van der Waals surface area contributed by atoms with E-state index < -0.39 is 17.7 Å². The van der Waals surface area contributed by atoms with Crippen molar-refractivity contribution in [1.29, 1.82) is 0 Å². The third kappa shape index (κ3) is 6.89. The first-order valence-corrected chi connectivity index (χ1v) is 8.62. The molecule has 2 amide bonds. The predicted molar refractivity (Wildman–Crippen MR) is 99.2 cm³/mol. The number of hydrogen-bond acceptors (Lipinski definition) is 3. The van der Waals surface area contributed by atoms with Crippen LogP contribution in [0.3, 0.4) is 0 Å². The zero-order valence-electron chi connectivity index (χ0n) is 14.7. The van der Waals surface area contributed by atoms with Crippen molar-refractivity contribution in [3.8, 4) is 0 Å². The fourth-order valence-electron chi connectivity index (χ4n) is 2.42. The highest BCUT2D eigenvalue weighted by Gasteiger charge is 2.09. The lowest BCUT2D eigenvalue weighted by molar-refractivity contribution is -0.137. The molecule has 27 heavy (non-hydrogen) atoms. The standard InChI is InChI=1S/C20H21FN2O4/c21-16-10-8-14(9-11-16)20(27)23-17-6-4-5-15(13-17)19(26)22-12-3-1-2-7-18(24)25/h4-6,8-11,13H,1-3,7,12H2,(H,22,26)(H,23,27)(H,24,25). The van der Waals surface area contributed by atoms with Crippen LogP contribution in [-0.4, -0.2) is 29.4 Å². The molecule has 6 nitrogen and oxygen atoms in total. The van der Waals surface area contributed by atoms with Gasteiger partial charge in [-0.25, -0.2) is 4.39 Å². The van der Waals surface area contributed by atoms with E-state index in [2.05, 4.69) is 10.6 Å². The Kier molecular flexibility index (Phi) is 7.49. The molecule has 0 aliphatic heterocycles. The number of benzene rings is 2. The minimum absolute atomic E-state index is 0.129. The lowest BCUT2D eigenvalue weighted by Gasteiger charge is -2.08. The van der Waals surface area contributed by atoms with E-state index in [1.165, 1.54) is 24.3 Å². The van der Waals surface area contributed by atoms with E-state index >= 15 is 0 Å². The number of hydrogen-bond donors (Lipinski definition) is 3. The first-order chi connectivity index (χ1) is 13.0. The van der Waals surface area contributed by atoms with E-state index in [1.54, 1.807) is 24.3 Å². The molecule has 0 saturated carbocycles. The van der Waals surface area contributed by atoms with Gasteiger partial charge in [-0.05, 0) is 55.3 Å². The first-order valence-electron chi connectivity index (χ1n) is 8.62. The van der Waals surface area contributed by atoms with Crippen LogP contribution in [0.25, 0.3) is 0 Å². The van der Waals surface area contributed by atoms with E-state index in [9.17, 15) is 18.8 Å². The molecule has 7 heteroatoms.